The molecule has 0 unspecified atom stereocenters. The van der Waals surface area contributed by atoms with Gasteiger partial charge in [-0.15, -0.1) is 24.0 Å². The van der Waals surface area contributed by atoms with Crippen molar-refractivity contribution in [3.8, 4) is 11.5 Å². The number of nitrogens with one attached hydrogen (secondary N) is 2. The molecule has 0 saturated carbocycles. The van der Waals surface area contributed by atoms with E-state index >= 15 is 0 Å². The van der Waals surface area contributed by atoms with Crippen molar-refractivity contribution >= 4 is 35.8 Å². The Morgan fingerprint density at radius 1 is 1.15 bits per heavy atom. The number of amides is 1. The molecule has 0 spiro atoms. The monoisotopic (exact) mass is 488 g/mol. The van der Waals surface area contributed by atoms with Crippen LogP contribution in [0.1, 0.15) is 28.8 Å². The van der Waals surface area contributed by atoms with Gasteiger partial charge in [-0.3, -0.25) is 4.79 Å². The third-order valence-corrected chi connectivity index (χ3v) is 3.55. The first kappa shape index (κ1) is 22.6. The van der Waals surface area contributed by atoms with Crippen LogP contribution < -0.4 is 25.8 Å². The number of primary amides is 1. The number of furan rings is 1. The zero-order chi connectivity index (χ0) is 18.9. The first-order valence-corrected chi connectivity index (χ1v) is 8.19. The van der Waals surface area contributed by atoms with Crippen LogP contribution in [0.25, 0.3) is 0 Å². The third kappa shape index (κ3) is 6.66. The number of carbonyl (C=O) groups excluding carboxylic acids is 1. The van der Waals surface area contributed by atoms with Gasteiger partial charge in [0.25, 0.3) is 5.91 Å². The molecule has 0 aliphatic rings. The van der Waals surface area contributed by atoms with Gasteiger partial charge in [-0.05, 0) is 36.8 Å². The molecule has 0 radical (unpaired) electrons. The van der Waals surface area contributed by atoms with Crippen LogP contribution >= 0.6 is 24.0 Å². The Labute approximate surface area is 175 Å². The smallest absolute Gasteiger partial charge is 0.284 e. The summed E-state index contributed by atoms with van der Waals surface area (Å²) < 4.78 is 15.9. The van der Waals surface area contributed by atoms with E-state index in [0.29, 0.717) is 42.9 Å². The SMILES string of the molecule is CCNC(=NCc1ccc(OC)c(OC)c1)NCc1ccc(C(N)=O)o1.I. The summed E-state index contributed by atoms with van der Waals surface area (Å²) in [5, 5.41) is 6.30. The topological polar surface area (TPSA) is 111 Å². The molecule has 2 aromatic rings. The zero-order valence-corrected chi connectivity index (χ0v) is 17.9. The van der Waals surface area contributed by atoms with Crippen LogP contribution in [0.2, 0.25) is 0 Å². The standard InChI is InChI=1S/C18H24N4O4.HI/c1-4-20-18(22-11-13-6-8-15(26-13)17(19)23)21-10-12-5-7-14(24-2)16(9-12)25-3;/h5-9H,4,10-11H2,1-3H3,(H2,19,23)(H2,20,21,22);1H. The minimum Gasteiger partial charge on any atom is -0.493 e. The summed E-state index contributed by atoms with van der Waals surface area (Å²) >= 11 is 0. The Kier molecular flexibility index (Phi) is 9.48. The van der Waals surface area contributed by atoms with Crippen molar-refractivity contribution in [1.82, 2.24) is 10.6 Å². The van der Waals surface area contributed by atoms with E-state index in [9.17, 15) is 4.79 Å². The van der Waals surface area contributed by atoms with E-state index in [-0.39, 0.29) is 29.7 Å². The van der Waals surface area contributed by atoms with Gasteiger partial charge in [0.1, 0.15) is 5.76 Å². The van der Waals surface area contributed by atoms with Crippen LogP contribution in [-0.4, -0.2) is 32.6 Å². The van der Waals surface area contributed by atoms with E-state index in [0.717, 1.165) is 5.56 Å². The Morgan fingerprint density at radius 2 is 1.89 bits per heavy atom. The highest BCUT2D eigenvalue weighted by Crippen LogP contribution is 2.27. The molecule has 27 heavy (non-hydrogen) atoms. The van der Waals surface area contributed by atoms with Gasteiger partial charge in [0.2, 0.25) is 0 Å². The van der Waals surface area contributed by atoms with Crippen molar-refractivity contribution < 1.29 is 18.7 Å². The van der Waals surface area contributed by atoms with Gasteiger partial charge in [0, 0.05) is 6.54 Å². The number of rotatable bonds is 8. The molecule has 0 saturated heterocycles. The van der Waals surface area contributed by atoms with E-state index in [1.54, 1.807) is 26.4 Å². The first-order chi connectivity index (χ1) is 12.6. The summed E-state index contributed by atoms with van der Waals surface area (Å²) in [5.74, 6) is 2.09. The summed E-state index contributed by atoms with van der Waals surface area (Å²) in [6, 6.07) is 8.91. The minimum atomic E-state index is -0.592. The molecule has 8 nitrogen and oxygen atoms in total. The predicted octanol–water partition coefficient (Wildman–Crippen LogP) is 2.27. The van der Waals surface area contributed by atoms with Crippen molar-refractivity contribution in [1.29, 1.82) is 0 Å². The minimum absolute atomic E-state index is 0. The zero-order valence-electron chi connectivity index (χ0n) is 15.6. The Hall–Kier alpha value is -2.43. The van der Waals surface area contributed by atoms with E-state index in [2.05, 4.69) is 15.6 Å². The highest BCUT2D eigenvalue weighted by molar-refractivity contribution is 14.0. The second-order valence-corrected chi connectivity index (χ2v) is 5.37. The molecule has 0 aliphatic heterocycles. The van der Waals surface area contributed by atoms with Crippen molar-refractivity contribution in [2.24, 2.45) is 10.7 Å². The van der Waals surface area contributed by atoms with Gasteiger partial charge < -0.3 is 30.3 Å². The fourth-order valence-corrected chi connectivity index (χ4v) is 2.27. The van der Waals surface area contributed by atoms with Crippen LogP contribution in [0.15, 0.2) is 39.7 Å². The lowest BCUT2D eigenvalue weighted by Gasteiger charge is -2.11. The Balaban J connectivity index is 0.00000364. The number of nitrogens with two attached hydrogens (primary N) is 1. The second-order valence-electron chi connectivity index (χ2n) is 5.37. The van der Waals surface area contributed by atoms with Gasteiger partial charge in [-0.25, -0.2) is 4.99 Å². The number of nitrogens with zero attached hydrogens (tertiary/aromatic N) is 1. The normalized spacial score (nSPS) is 10.7. The summed E-state index contributed by atoms with van der Waals surface area (Å²) in [6.07, 6.45) is 0. The largest absolute Gasteiger partial charge is 0.493 e. The van der Waals surface area contributed by atoms with Crippen molar-refractivity contribution in [2.45, 2.75) is 20.0 Å². The van der Waals surface area contributed by atoms with Gasteiger partial charge in [0.15, 0.2) is 23.2 Å². The third-order valence-electron chi connectivity index (χ3n) is 3.55. The maximum Gasteiger partial charge on any atom is 0.284 e. The number of hydrogen-bond donors (Lipinski definition) is 3. The fourth-order valence-electron chi connectivity index (χ4n) is 2.27. The maximum absolute atomic E-state index is 11.1. The first-order valence-electron chi connectivity index (χ1n) is 8.19. The number of hydrogen-bond acceptors (Lipinski definition) is 5. The molecule has 1 aromatic heterocycles. The van der Waals surface area contributed by atoms with Gasteiger partial charge in [-0.1, -0.05) is 6.07 Å². The summed E-state index contributed by atoms with van der Waals surface area (Å²) in [5.41, 5.74) is 6.16. The van der Waals surface area contributed by atoms with Crippen LogP contribution in [-0.2, 0) is 13.1 Å². The molecule has 0 bridgehead atoms. The lowest BCUT2D eigenvalue weighted by Crippen LogP contribution is -2.36. The van der Waals surface area contributed by atoms with Gasteiger partial charge >= 0.3 is 0 Å². The number of methoxy groups -OCH3 is 2. The lowest BCUT2D eigenvalue weighted by molar-refractivity contribution is 0.0972. The molecule has 4 N–H and O–H groups in total. The number of aliphatic imine (C=N–C) groups is 1. The van der Waals surface area contributed by atoms with Crippen molar-refractivity contribution in [3.63, 3.8) is 0 Å². The highest BCUT2D eigenvalue weighted by Gasteiger charge is 2.08. The molecular formula is C18H25IN4O4. The number of halogens is 1. The number of guanidine groups is 1. The molecule has 9 heteroatoms. The number of carbonyl (C=O) groups is 1. The quantitative estimate of drug-likeness (QED) is 0.299. The maximum atomic E-state index is 11.1. The molecule has 148 valence electrons. The summed E-state index contributed by atoms with van der Waals surface area (Å²) in [4.78, 5) is 15.6. The number of ether oxygens (including phenoxy) is 2. The highest BCUT2D eigenvalue weighted by atomic mass is 127. The summed E-state index contributed by atoms with van der Waals surface area (Å²) in [7, 11) is 3.20. The lowest BCUT2D eigenvalue weighted by atomic mass is 10.2. The Bertz CT molecular complexity index is 776. The molecule has 1 amide bonds. The molecular weight excluding hydrogens is 463 g/mol. The molecule has 0 fully saturated rings. The van der Waals surface area contributed by atoms with Gasteiger partial charge in [-0.2, -0.15) is 0 Å². The van der Waals surface area contributed by atoms with E-state index < -0.39 is 5.91 Å². The number of benzene rings is 1. The molecule has 0 aliphatic carbocycles. The van der Waals surface area contributed by atoms with E-state index in [1.807, 2.05) is 25.1 Å². The van der Waals surface area contributed by atoms with Gasteiger partial charge in [0.05, 0.1) is 27.3 Å². The molecule has 2 rings (SSSR count). The van der Waals surface area contributed by atoms with Crippen LogP contribution in [0.4, 0.5) is 0 Å². The van der Waals surface area contributed by atoms with E-state index in [4.69, 9.17) is 19.6 Å². The van der Waals surface area contributed by atoms with Crippen LogP contribution in [0.3, 0.4) is 0 Å². The van der Waals surface area contributed by atoms with Crippen LogP contribution in [0, 0.1) is 0 Å². The van der Waals surface area contributed by atoms with Crippen LogP contribution in [0.5, 0.6) is 11.5 Å². The molecule has 0 atom stereocenters. The summed E-state index contributed by atoms with van der Waals surface area (Å²) in [6.45, 7) is 3.53. The fraction of sp³-hybridized carbons (Fsp3) is 0.333. The molecule has 1 aromatic carbocycles. The van der Waals surface area contributed by atoms with Crippen molar-refractivity contribution in [2.75, 3.05) is 20.8 Å². The van der Waals surface area contributed by atoms with E-state index in [1.165, 1.54) is 0 Å². The predicted molar refractivity (Wildman–Crippen MR) is 114 cm³/mol. The average Bonchev–Trinajstić information content (AvgIpc) is 3.13. The van der Waals surface area contributed by atoms with Crippen molar-refractivity contribution in [3.05, 3.63) is 47.4 Å². The average molecular weight is 488 g/mol. The second kappa shape index (κ2) is 11.3. The molecule has 1 heterocycles. The Morgan fingerprint density at radius 3 is 2.48 bits per heavy atom.